The lowest BCUT2D eigenvalue weighted by Crippen LogP contribution is -2.56. The summed E-state index contributed by atoms with van der Waals surface area (Å²) in [7, 11) is -3.77. The number of aromatic nitrogens is 1. The Balaban J connectivity index is 2.00. The maximum atomic E-state index is 13.3. The Labute approximate surface area is 152 Å². The minimum atomic E-state index is -3.77. The summed E-state index contributed by atoms with van der Waals surface area (Å²) in [5.74, 6) is 0.291. The number of ether oxygens (including phenoxy) is 1. The van der Waals surface area contributed by atoms with Crippen LogP contribution in [0, 0.1) is 13.8 Å². The van der Waals surface area contributed by atoms with Crippen molar-refractivity contribution >= 4 is 21.6 Å². The van der Waals surface area contributed by atoms with Crippen LogP contribution in [0.25, 0.3) is 0 Å². The Bertz CT molecular complexity index is 872. The lowest BCUT2D eigenvalue weighted by Gasteiger charge is -2.44. The van der Waals surface area contributed by atoms with Crippen molar-refractivity contribution in [2.75, 3.05) is 13.2 Å². The van der Waals surface area contributed by atoms with Crippen LogP contribution < -0.4 is 0 Å². The Morgan fingerprint density at radius 1 is 1.32 bits per heavy atom. The van der Waals surface area contributed by atoms with Gasteiger partial charge in [-0.25, -0.2) is 8.42 Å². The smallest absolute Gasteiger partial charge is 0.249 e. The van der Waals surface area contributed by atoms with Gasteiger partial charge in [0.1, 0.15) is 10.6 Å². The number of nitrogens with zero attached hydrogens (tertiary/aromatic N) is 2. The van der Waals surface area contributed by atoms with E-state index >= 15 is 0 Å². The highest BCUT2D eigenvalue weighted by Crippen LogP contribution is 2.36. The zero-order valence-electron chi connectivity index (χ0n) is 14.6. The topological polar surface area (TPSA) is 72.6 Å². The highest BCUT2D eigenvalue weighted by molar-refractivity contribution is 7.89. The first-order valence-corrected chi connectivity index (χ1v) is 9.77. The van der Waals surface area contributed by atoms with Crippen molar-refractivity contribution in [1.29, 1.82) is 0 Å². The molecule has 1 aliphatic rings. The van der Waals surface area contributed by atoms with Crippen LogP contribution in [0.5, 0.6) is 0 Å². The fourth-order valence-corrected chi connectivity index (χ4v) is 5.38. The fraction of sp³-hybridized carbons (Fsp3) is 0.471. The van der Waals surface area contributed by atoms with E-state index in [9.17, 15) is 8.42 Å². The Morgan fingerprint density at radius 2 is 2.04 bits per heavy atom. The molecule has 1 aromatic carbocycles. The molecule has 0 N–H and O–H groups in total. The van der Waals surface area contributed by atoms with Gasteiger partial charge in [0.05, 0.1) is 18.2 Å². The van der Waals surface area contributed by atoms with Crippen molar-refractivity contribution in [3.05, 3.63) is 46.3 Å². The maximum Gasteiger partial charge on any atom is 0.249 e. The summed E-state index contributed by atoms with van der Waals surface area (Å²) >= 11 is 6.06. The van der Waals surface area contributed by atoms with Crippen LogP contribution in [0.3, 0.4) is 0 Å². The van der Waals surface area contributed by atoms with E-state index in [0.29, 0.717) is 16.5 Å². The van der Waals surface area contributed by atoms with Gasteiger partial charge in [-0.05, 0) is 45.4 Å². The van der Waals surface area contributed by atoms with Gasteiger partial charge in [0.15, 0.2) is 5.76 Å². The second-order valence-corrected chi connectivity index (χ2v) is 9.09. The average Bonchev–Trinajstić information content (AvgIpc) is 2.86. The summed E-state index contributed by atoms with van der Waals surface area (Å²) in [5.41, 5.74) is 0.519. The first-order valence-electron chi connectivity index (χ1n) is 7.96. The van der Waals surface area contributed by atoms with Crippen molar-refractivity contribution in [3.8, 4) is 0 Å². The molecule has 6 nitrogen and oxygen atoms in total. The van der Waals surface area contributed by atoms with Gasteiger partial charge in [-0.15, -0.1) is 0 Å². The Hall–Kier alpha value is -1.41. The SMILES string of the molecule is Cc1noc(C)c1S(=O)(=O)N1CC(c2cccc(Cl)c2)OCC1(C)C. The molecule has 0 amide bonds. The molecule has 0 bridgehead atoms. The second-order valence-electron chi connectivity index (χ2n) is 6.86. The monoisotopic (exact) mass is 384 g/mol. The molecule has 1 unspecified atom stereocenters. The number of morpholine rings is 1. The number of sulfonamides is 1. The molecule has 1 atom stereocenters. The van der Waals surface area contributed by atoms with Gasteiger partial charge in [-0.3, -0.25) is 0 Å². The van der Waals surface area contributed by atoms with Gasteiger partial charge in [0.25, 0.3) is 0 Å². The van der Waals surface area contributed by atoms with Crippen LogP contribution in [0.1, 0.15) is 37.0 Å². The van der Waals surface area contributed by atoms with E-state index in [0.717, 1.165) is 5.56 Å². The number of hydrogen-bond acceptors (Lipinski definition) is 5. The van der Waals surface area contributed by atoms with E-state index in [1.165, 1.54) is 4.31 Å². The fourth-order valence-electron chi connectivity index (χ4n) is 3.11. The van der Waals surface area contributed by atoms with Crippen LogP contribution in [0.15, 0.2) is 33.7 Å². The zero-order chi connectivity index (χ0) is 18.4. The summed E-state index contributed by atoms with van der Waals surface area (Å²) < 4.78 is 39.1. The van der Waals surface area contributed by atoms with Gasteiger partial charge in [-0.1, -0.05) is 28.9 Å². The number of benzene rings is 1. The first-order chi connectivity index (χ1) is 11.6. The normalized spacial score (nSPS) is 21.4. The second kappa shape index (κ2) is 6.39. The third-order valence-electron chi connectivity index (χ3n) is 4.38. The molecule has 3 rings (SSSR count). The quantitative estimate of drug-likeness (QED) is 0.809. The Morgan fingerprint density at radius 3 is 2.64 bits per heavy atom. The number of aryl methyl sites for hydroxylation is 2. The van der Waals surface area contributed by atoms with E-state index in [1.54, 1.807) is 26.0 Å². The molecule has 136 valence electrons. The molecule has 0 saturated carbocycles. The molecule has 8 heteroatoms. The summed E-state index contributed by atoms with van der Waals surface area (Å²) in [4.78, 5) is 0.132. The molecule has 25 heavy (non-hydrogen) atoms. The maximum absolute atomic E-state index is 13.3. The van der Waals surface area contributed by atoms with Crippen molar-refractivity contribution in [2.45, 2.75) is 44.2 Å². The van der Waals surface area contributed by atoms with Crippen LogP contribution in [-0.4, -0.2) is 36.6 Å². The predicted molar refractivity (Wildman–Crippen MR) is 94.1 cm³/mol. The molecule has 0 radical (unpaired) electrons. The third-order valence-corrected chi connectivity index (χ3v) is 6.94. The van der Waals surface area contributed by atoms with Crippen molar-refractivity contribution in [2.24, 2.45) is 0 Å². The van der Waals surface area contributed by atoms with Crippen LogP contribution in [0.2, 0.25) is 5.02 Å². The molecule has 1 saturated heterocycles. The Kier molecular flexibility index (Phi) is 4.70. The number of hydrogen-bond donors (Lipinski definition) is 0. The molecular weight excluding hydrogens is 364 g/mol. The summed E-state index contributed by atoms with van der Waals surface area (Å²) in [6.07, 6.45) is -0.387. The van der Waals surface area contributed by atoms with Crippen molar-refractivity contribution < 1.29 is 17.7 Å². The van der Waals surface area contributed by atoms with Crippen LogP contribution in [-0.2, 0) is 14.8 Å². The van der Waals surface area contributed by atoms with Crippen LogP contribution >= 0.6 is 11.6 Å². The van der Waals surface area contributed by atoms with Gasteiger partial charge in [-0.2, -0.15) is 4.31 Å². The minimum Gasteiger partial charge on any atom is -0.370 e. The molecule has 1 fully saturated rings. The van der Waals surface area contributed by atoms with Gasteiger partial charge >= 0.3 is 0 Å². The lowest BCUT2D eigenvalue weighted by molar-refractivity contribution is -0.0655. The average molecular weight is 385 g/mol. The van der Waals surface area contributed by atoms with Gasteiger partial charge in [0.2, 0.25) is 10.0 Å². The van der Waals surface area contributed by atoms with E-state index < -0.39 is 15.6 Å². The largest absolute Gasteiger partial charge is 0.370 e. The molecule has 0 aliphatic carbocycles. The lowest BCUT2D eigenvalue weighted by atomic mass is 10.0. The van der Waals surface area contributed by atoms with E-state index in [2.05, 4.69) is 5.16 Å². The van der Waals surface area contributed by atoms with E-state index in [1.807, 2.05) is 26.0 Å². The van der Waals surface area contributed by atoms with E-state index in [-0.39, 0.29) is 24.2 Å². The number of halogens is 1. The molecule has 1 aromatic heterocycles. The van der Waals surface area contributed by atoms with Gasteiger partial charge in [0, 0.05) is 11.6 Å². The molecule has 2 aromatic rings. The molecule has 1 aliphatic heterocycles. The number of rotatable bonds is 3. The summed E-state index contributed by atoms with van der Waals surface area (Å²) in [6, 6.07) is 7.28. The minimum absolute atomic E-state index is 0.132. The molecule has 0 spiro atoms. The molecule has 2 heterocycles. The van der Waals surface area contributed by atoms with Gasteiger partial charge < -0.3 is 9.26 Å². The zero-order valence-corrected chi connectivity index (χ0v) is 16.2. The first kappa shape index (κ1) is 18.4. The standard InChI is InChI=1S/C17H21ClN2O4S/c1-11-16(12(2)24-19-11)25(21,22)20-9-15(23-10-17(20,3)4)13-6-5-7-14(18)8-13/h5-8,15H,9-10H2,1-4H3. The highest BCUT2D eigenvalue weighted by Gasteiger charge is 2.45. The third kappa shape index (κ3) is 3.33. The van der Waals surface area contributed by atoms with Crippen molar-refractivity contribution in [1.82, 2.24) is 9.46 Å². The highest BCUT2D eigenvalue weighted by atomic mass is 35.5. The molecular formula is C17H21ClN2O4S. The predicted octanol–water partition coefficient (Wildman–Crippen LogP) is 3.49. The van der Waals surface area contributed by atoms with Crippen molar-refractivity contribution in [3.63, 3.8) is 0 Å². The van der Waals surface area contributed by atoms with Crippen LogP contribution in [0.4, 0.5) is 0 Å². The summed E-state index contributed by atoms with van der Waals surface area (Å²) in [6.45, 7) is 7.39. The van der Waals surface area contributed by atoms with E-state index in [4.69, 9.17) is 20.9 Å². The summed E-state index contributed by atoms with van der Waals surface area (Å²) in [5, 5.41) is 4.37.